The molecule has 1 aromatic rings. The molecular weight excluding hydrogens is 273 g/mol. The topological polar surface area (TPSA) is 12.0 Å². The molecule has 20 heavy (non-hydrogen) atoms. The molecular formula is C17H27ClFN. The average Bonchev–Trinajstić information content (AvgIpc) is 2.26. The van der Waals surface area contributed by atoms with Crippen LogP contribution in [0.4, 0.5) is 4.39 Å². The van der Waals surface area contributed by atoms with Gasteiger partial charge in [0.05, 0.1) is 5.02 Å². The Kier molecular flexibility index (Phi) is 5.62. The van der Waals surface area contributed by atoms with E-state index in [1.807, 2.05) is 6.07 Å². The van der Waals surface area contributed by atoms with E-state index in [1.165, 1.54) is 6.07 Å². The summed E-state index contributed by atoms with van der Waals surface area (Å²) < 4.78 is 13.6. The Hall–Kier alpha value is -0.600. The van der Waals surface area contributed by atoms with Crippen molar-refractivity contribution in [2.75, 3.05) is 6.54 Å². The van der Waals surface area contributed by atoms with Crippen LogP contribution in [0.3, 0.4) is 0 Å². The second-order valence-corrected chi connectivity index (χ2v) is 7.99. The summed E-state index contributed by atoms with van der Waals surface area (Å²) >= 11 is 6.08. The van der Waals surface area contributed by atoms with Gasteiger partial charge >= 0.3 is 0 Å². The molecule has 114 valence electrons. The molecule has 1 rings (SSSR count). The Balaban J connectivity index is 2.88. The largest absolute Gasteiger partial charge is 0.312 e. The molecule has 0 saturated carbocycles. The summed E-state index contributed by atoms with van der Waals surface area (Å²) in [5, 5.41) is 3.81. The molecule has 0 aliphatic rings. The third-order valence-electron chi connectivity index (χ3n) is 3.60. The average molecular weight is 300 g/mol. The first kappa shape index (κ1) is 17.5. The molecule has 0 fully saturated rings. The van der Waals surface area contributed by atoms with Crippen LogP contribution in [0.15, 0.2) is 18.2 Å². The lowest BCUT2D eigenvalue weighted by atomic mass is 9.77. The summed E-state index contributed by atoms with van der Waals surface area (Å²) in [4.78, 5) is 0. The summed E-state index contributed by atoms with van der Waals surface area (Å²) in [6.07, 6.45) is 0.781. The van der Waals surface area contributed by atoms with Crippen molar-refractivity contribution in [1.29, 1.82) is 0 Å². The predicted octanol–water partition coefficient (Wildman–Crippen LogP) is 5.07. The highest BCUT2D eigenvalue weighted by Crippen LogP contribution is 2.31. The lowest BCUT2D eigenvalue weighted by molar-refractivity contribution is 0.214. The molecule has 1 N–H and O–H groups in total. The third-order valence-corrected chi connectivity index (χ3v) is 4.02. The molecule has 0 aromatic heterocycles. The van der Waals surface area contributed by atoms with Crippen LogP contribution in [0.5, 0.6) is 0 Å². The summed E-state index contributed by atoms with van der Waals surface area (Å²) in [6.45, 7) is 14.0. The minimum atomic E-state index is -0.333. The van der Waals surface area contributed by atoms with Crippen molar-refractivity contribution in [2.45, 2.75) is 53.5 Å². The van der Waals surface area contributed by atoms with Crippen LogP contribution in [0.25, 0.3) is 0 Å². The lowest BCUT2D eigenvalue weighted by Crippen LogP contribution is -2.42. The van der Waals surface area contributed by atoms with Crippen LogP contribution in [0, 0.1) is 17.2 Å². The van der Waals surface area contributed by atoms with E-state index in [4.69, 9.17) is 11.6 Å². The van der Waals surface area contributed by atoms with Gasteiger partial charge in [0.1, 0.15) is 5.82 Å². The van der Waals surface area contributed by atoms with Crippen LogP contribution in [0.2, 0.25) is 5.02 Å². The molecule has 1 atom stereocenters. The third kappa shape index (κ3) is 5.41. The number of hydrogen-bond donors (Lipinski definition) is 1. The van der Waals surface area contributed by atoms with E-state index < -0.39 is 0 Å². The zero-order valence-corrected chi connectivity index (χ0v) is 14.2. The fraction of sp³-hybridized carbons (Fsp3) is 0.647. The highest BCUT2D eigenvalue weighted by molar-refractivity contribution is 6.31. The van der Waals surface area contributed by atoms with Crippen LogP contribution >= 0.6 is 11.6 Å². The van der Waals surface area contributed by atoms with Gasteiger partial charge in [0.25, 0.3) is 0 Å². The highest BCUT2D eigenvalue weighted by atomic mass is 35.5. The SMILES string of the molecule is CC(C)(C)NCC(Cc1cccc(F)c1Cl)C(C)(C)C. The molecule has 0 aliphatic heterocycles. The summed E-state index contributed by atoms with van der Waals surface area (Å²) in [7, 11) is 0. The zero-order chi connectivity index (χ0) is 15.6. The molecule has 0 bridgehead atoms. The molecule has 0 heterocycles. The molecule has 3 heteroatoms. The number of benzene rings is 1. The van der Waals surface area contributed by atoms with Crippen LogP contribution in [0.1, 0.15) is 47.1 Å². The van der Waals surface area contributed by atoms with Crippen molar-refractivity contribution in [1.82, 2.24) is 5.32 Å². The van der Waals surface area contributed by atoms with E-state index in [0.717, 1.165) is 18.5 Å². The van der Waals surface area contributed by atoms with E-state index in [9.17, 15) is 4.39 Å². The van der Waals surface area contributed by atoms with Gasteiger partial charge in [-0.2, -0.15) is 0 Å². The van der Waals surface area contributed by atoms with Gasteiger partial charge < -0.3 is 5.32 Å². The summed E-state index contributed by atoms with van der Waals surface area (Å²) in [5.41, 5.74) is 1.10. The normalized spacial score (nSPS) is 14.4. The maximum Gasteiger partial charge on any atom is 0.142 e. The Labute approximate surface area is 127 Å². The number of rotatable bonds is 4. The Morgan fingerprint density at radius 1 is 1.15 bits per heavy atom. The minimum Gasteiger partial charge on any atom is -0.312 e. The first-order valence-corrected chi connectivity index (χ1v) is 7.56. The number of hydrogen-bond acceptors (Lipinski definition) is 1. The fourth-order valence-corrected chi connectivity index (χ4v) is 2.29. The molecule has 0 aliphatic carbocycles. The Morgan fingerprint density at radius 2 is 1.75 bits per heavy atom. The molecule has 1 nitrogen and oxygen atoms in total. The standard InChI is InChI=1S/C17H27ClFN/c1-16(2,3)13(11-20-17(4,5)6)10-12-8-7-9-14(19)15(12)18/h7-9,13,20H,10-11H2,1-6H3. The first-order chi connectivity index (χ1) is 9.00. The Bertz CT molecular complexity index is 443. The van der Waals surface area contributed by atoms with E-state index in [0.29, 0.717) is 5.92 Å². The van der Waals surface area contributed by atoms with E-state index in [2.05, 4.69) is 46.9 Å². The molecule has 1 unspecified atom stereocenters. The fourth-order valence-electron chi connectivity index (χ4n) is 2.09. The number of nitrogens with one attached hydrogen (secondary N) is 1. The van der Waals surface area contributed by atoms with Crippen LogP contribution < -0.4 is 5.32 Å². The predicted molar refractivity (Wildman–Crippen MR) is 85.8 cm³/mol. The van der Waals surface area contributed by atoms with Crippen molar-refractivity contribution in [3.8, 4) is 0 Å². The second kappa shape index (κ2) is 6.44. The van der Waals surface area contributed by atoms with Crippen molar-refractivity contribution in [3.05, 3.63) is 34.6 Å². The molecule has 0 spiro atoms. The van der Waals surface area contributed by atoms with E-state index >= 15 is 0 Å². The molecule has 0 radical (unpaired) electrons. The molecule has 1 aromatic carbocycles. The minimum absolute atomic E-state index is 0.0786. The number of halogens is 2. The maximum atomic E-state index is 13.6. The quantitative estimate of drug-likeness (QED) is 0.818. The van der Waals surface area contributed by atoms with Crippen molar-refractivity contribution in [2.24, 2.45) is 11.3 Å². The van der Waals surface area contributed by atoms with Gasteiger partial charge in [-0.05, 0) is 56.7 Å². The van der Waals surface area contributed by atoms with E-state index in [1.54, 1.807) is 6.07 Å². The first-order valence-electron chi connectivity index (χ1n) is 7.18. The summed E-state index contributed by atoms with van der Waals surface area (Å²) in [5.74, 6) is 0.0571. The van der Waals surface area contributed by atoms with Gasteiger partial charge in [-0.25, -0.2) is 4.39 Å². The monoisotopic (exact) mass is 299 g/mol. The highest BCUT2D eigenvalue weighted by Gasteiger charge is 2.27. The second-order valence-electron chi connectivity index (χ2n) is 7.61. The Morgan fingerprint density at radius 3 is 2.25 bits per heavy atom. The van der Waals surface area contributed by atoms with Gasteiger partial charge in [-0.3, -0.25) is 0 Å². The van der Waals surface area contributed by atoms with Gasteiger partial charge in [-0.1, -0.05) is 44.5 Å². The van der Waals surface area contributed by atoms with E-state index in [-0.39, 0.29) is 21.8 Å². The van der Waals surface area contributed by atoms with Crippen molar-refractivity contribution < 1.29 is 4.39 Å². The van der Waals surface area contributed by atoms with Gasteiger partial charge in [0.15, 0.2) is 0 Å². The maximum absolute atomic E-state index is 13.6. The van der Waals surface area contributed by atoms with Crippen LogP contribution in [-0.2, 0) is 6.42 Å². The lowest BCUT2D eigenvalue weighted by Gasteiger charge is -2.34. The smallest absolute Gasteiger partial charge is 0.142 e. The summed E-state index contributed by atoms with van der Waals surface area (Å²) in [6, 6.07) is 5.06. The van der Waals surface area contributed by atoms with Gasteiger partial charge in [-0.15, -0.1) is 0 Å². The molecule has 0 saturated heterocycles. The van der Waals surface area contributed by atoms with Gasteiger partial charge in [0.2, 0.25) is 0 Å². The molecule has 0 amide bonds. The van der Waals surface area contributed by atoms with Crippen LogP contribution in [-0.4, -0.2) is 12.1 Å². The zero-order valence-electron chi connectivity index (χ0n) is 13.5. The van der Waals surface area contributed by atoms with Crippen molar-refractivity contribution >= 4 is 11.6 Å². The van der Waals surface area contributed by atoms with Gasteiger partial charge in [0, 0.05) is 5.54 Å². The van der Waals surface area contributed by atoms with Crippen molar-refractivity contribution in [3.63, 3.8) is 0 Å².